The Balaban J connectivity index is 3.90. The number of hydrogen-bond acceptors (Lipinski definition) is 4. The molecule has 82 valence electrons. The Hall–Kier alpha value is -0.900. The molecule has 0 spiro atoms. The van der Waals surface area contributed by atoms with E-state index in [9.17, 15) is 9.59 Å². The highest BCUT2D eigenvalue weighted by molar-refractivity contribution is 5.95. The molecule has 4 nitrogen and oxygen atoms in total. The molecule has 0 saturated heterocycles. The predicted molar refractivity (Wildman–Crippen MR) is 51.8 cm³/mol. The van der Waals surface area contributed by atoms with Crippen molar-refractivity contribution in [1.82, 2.24) is 0 Å². The highest BCUT2D eigenvalue weighted by Crippen LogP contribution is 2.09. The van der Waals surface area contributed by atoms with Crippen LogP contribution in [0.1, 0.15) is 40.5 Å². The molecular formula is C10H18O4. The quantitative estimate of drug-likeness (QED) is 0.547. The number of aliphatic hydroxyl groups excluding tert-OH is 1. The van der Waals surface area contributed by atoms with E-state index in [0.29, 0.717) is 0 Å². The third-order valence-electron chi connectivity index (χ3n) is 1.28. The van der Waals surface area contributed by atoms with E-state index in [1.54, 1.807) is 20.8 Å². The number of rotatable bonds is 4. The van der Waals surface area contributed by atoms with Gasteiger partial charge < -0.3 is 9.84 Å². The number of Topliss-reactive ketones (excluding diaryl/α,β-unsaturated/α-hetero) is 1. The number of carbonyl (C=O) groups is 2. The number of ether oxygens (including phenoxy) is 1. The van der Waals surface area contributed by atoms with E-state index in [-0.39, 0.29) is 18.6 Å². The summed E-state index contributed by atoms with van der Waals surface area (Å²) in [7, 11) is 0. The first-order valence-electron chi connectivity index (χ1n) is 4.62. The van der Waals surface area contributed by atoms with Gasteiger partial charge in [-0.1, -0.05) is 0 Å². The van der Waals surface area contributed by atoms with Gasteiger partial charge in [0.1, 0.15) is 17.8 Å². The maximum Gasteiger partial charge on any atom is 0.313 e. The third-order valence-corrected chi connectivity index (χ3v) is 1.28. The van der Waals surface area contributed by atoms with Crippen molar-refractivity contribution in [2.24, 2.45) is 0 Å². The molecule has 0 radical (unpaired) electrons. The van der Waals surface area contributed by atoms with Gasteiger partial charge in [0.25, 0.3) is 0 Å². The van der Waals surface area contributed by atoms with E-state index in [4.69, 9.17) is 9.84 Å². The molecule has 0 heterocycles. The fraction of sp³-hybridized carbons (Fsp3) is 0.800. The standard InChI is InChI=1S/C10H18O4/c1-7(11)5-8(12)6-9(13)14-10(2,3)4/h7,11H,5-6H2,1-4H3. The Bertz CT molecular complexity index is 213. The minimum atomic E-state index is -0.704. The molecule has 4 heteroatoms. The van der Waals surface area contributed by atoms with Gasteiger partial charge in [0, 0.05) is 6.42 Å². The van der Waals surface area contributed by atoms with Crippen LogP contribution in [0.25, 0.3) is 0 Å². The Morgan fingerprint density at radius 3 is 2.21 bits per heavy atom. The Kier molecular flexibility index (Phi) is 4.77. The van der Waals surface area contributed by atoms with Crippen molar-refractivity contribution in [3.8, 4) is 0 Å². The van der Waals surface area contributed by atoms with Gasteiger partial charge in [0.05, 0.1) is 6.10 Å². The third kappa shape index (κ3) is 7.73. The van der Waals surface area contributed by atoms with E-state index in [2.05, 4.69) is 0 Å². The summed E-state index contributed by atoms with van der Waals surface area (Å²) in [5.41, 5.74) is -0.567. The minimum Gasteiger partial charge on any atom is -0.460 e. The van der Waals surface area contributed by atoms with Crippen molar-refractivity contribution in [3.63, 3.8) is 0 Å². The number of aliphatic hydroxyl groups is 1. The van der Waals surface area contributed by atoms with Gasteiger partial charge in [0.2, 0.25) is 0 Å². The molecule has 0 saturated carbocycles. The monoisotopic (exact) mass is 202 g/mol. The second-order valence-corrected chi connectivity index (χ2v) is 4.36. The van der Waals surface area contributed by atoms with Gasteiger partial charge >= 0.3 is 5.97 Å². The molecule has 0 aromatic rings. The van der Waals surface area contributed by atoms with Gasteiger partial charge in [-0.25, -0.2) is 0 Å². The summed E-state index contributed by atoms with van der Waals surface area (Å²) in [6.07, 6.45) is -0.966. The van der Waals surface area contributed by atoms with Gasteiger partial charge in [-0.2, -0.15) is 0 Å². The lowest BCUT2D eigenvalue weighted by atomic mass is 10.1. The van der Waals surface area contributed by atoms with Crippen molar-refractivity contribution in [2.45, 2.75) is 52.2 Å². The zero-order chi connectivity index (χ0) is 11.4. The van der Waals surface area contributed by atoms with Crippen molar-refractivity contribution >= 4 is 11.8 Å². The Labute approximate surface area is 84.3 Å². The number of esters is 1. The largest absolute Gasteiger partial charge is 0.460 e. The number of ketones is 1. The summed E-state index contributed by atoms with van der Waals surface area (Å²) in [6, 6.07) is 0. The van der Waals surface area contributed by atoms with Crippen LogP contribution in [0.4, 0.5) is 0 Å². The lowest BCUT2D eigenvalue weighted by Gasteiger charge is -2.19. The molecule has 1 atom stereocenters. The zero-order valence-electron chi connectivity index (χ0n) is 9.16. The molecule has 0 aromatic heterocycles. The second kappa shape index (κ2) is 5.10. The summed E-state index contributed by atoms with van der Waals surface area (Å²) >= 11 is 0. The fourth-order valence-electron chi connectivity index (χ4n) is 0.940. The van der Waals surface area contributed by atoms with Crippen LogP contribution in [0.15, 0.2) is 0 Å². The predicted octanol–water partition coefficient (Wildman–Crippen LogP) is 1.06. The SMILES string of the molecule is CC(O)CC(=O)CC(=O)OC(C)(C)C. The first-order chi connectivity index (χ1) is 6.20. The highest BCUT2D eigenvalue weighted by Gasteiger charge is 2.19. The molecule has 0 aliphatic heterocycles. The van der Waals surface area contributed by atoms with Crippen LogP contribution in [0, 0.1) is 0 Å². The molecule has 0 rings (SSSR count). The van der Waals surface area contributed by atoms with E-state index < -0.39 is 17.7 Å². The Morgan fingerprint density at radius 1 is 1.36 bits per heavy atom. The molecular weight excluding hydrogens is 184 g/mol. The average Bonchev–Trinajstić information content (AvgIpc) is 1.77. The van der Waals surface area contributed by atoms with Gasteiger partial charge in [-0.05, 0) is 27.7 Å². The Morgan fingerprint density at radius 2 is 1.86 bits per heavy atom. The number of carbonyl (C=O) groups excluding carboxylic acids is 2. The van der Waals surface area contributed by atoms with E-state index >= 15 is 0 Å². The molecule has 0 amide bonds. The fourth-order valence-corrected chi connectivity index (χ4v) is 0.940. The van der Waals surface area contributed by atoms with Crippen LogP contribution in [0.5, 0.6) is 0 Å². The molecule has 0 fully saturated rings. The van der Waals surface area contributed by atoms with Crippen molar-refractivity contribution in [3.05, 3.63) is 0 Å². The van der Waals surface area contributed by atoms with E-state index in [0.717, 1.165) is 0 Å². The highest BCUT2D eigenvalue weighted by atomic mass is 16.6. The van der Waals surface area contributed by atoms with Crippen molar-refractivity contribution in [2.75, 3.05) is 0 Å². The van der Waals surface area contributed by atoms with Gasteiger partial charge in [-0.3, -0.25) is 9.59 Å². The summed E-state index contributed by atoms with van der Waals surface area (Å²) in [5.74, 6) is -0.836. The number of hydrogen-bond donors (Lipinski definition) is 1. The summed E-state index contributed by atoms with van der Waals surface area (Å²) < 4.78 is 4.95. The maximum absolute atomic E-state index is 11.1. The van der Waals surface area contributed by atoms with Gasteiger partial charge in [-0.15, -0.1) is 0 Å². The molecule has 0 aliphatic rings. The van der Waals surface area contributed by atoms with Crippen molar-refractivity contribution in [1.29, 1.82) is 0 Å². The first-order valence-corrected chi connectivity index (χ1v) is 4.62. The molecule has 0 aliphatic carbocycles. The smallest absolute Gasteiger partial charge is 0.313 e. The molecule has 14 heavy (non-hydrogen) atoms. The summed E-state index contributed by atoms with van der Waals surface area (Å²) in [5, 5.41) is 8.90. The minimum absolute atomic E-state index is 0.000751. The molecule has 0 bridgehead atoms. The normalized spacial score (nSPS) is 13.5. The van der Waals surface area contributed by atoms with Crippen LogP contribution in [-0.2, 0) is 14.3 Å². The lowest BCUT2D eigenvalue weighted by molar-refractivity contribution is -0.156. The van der Waals surface area contributed by atoms with Crippen molar-refractivity contribution < 1.29 is 19.4 Å². The summed E-state index contributed by atoms with van der Waals surface area (Å²) in [6.45, 7) is 6.73. The van der Waals surface area contributed by atoms with Gasteiger partial charge in [0.15, 0.2) is 0 Å². The summed E-state index contributed by atoms with van der Waals surface area (Å²) in [4.78, 5) is 22.2. The van der Waals surface area contributed by atoms with Crippen LogP contribution >= 0.6 is 0 Å². The molecule has 1 unspecified atom stereocenters. The molecule has 1 N–H and O–H groups in total. The van der Waals surface area contributed by atoms with Crippen LogP contribution in [0.3, 0.4) is 0 Å². The maximum atomic E-state index is 11.1. The lowest BCUT2D eigenvalue weighted by Crippen LogP contribution is -2.26. The zero-order valence-corrected chi connectivity index (χ0v) is 9.16. The van der Waals surface area contributed by atoms with Crippen LogP contribution < -0.4 is 0 Å². The average molecular weight is 202 g/mol. The first kappa shape index (κ1) is 13.1. The molecule has 0 aromatic carbocycles. The van der Waals surface area contributed by atoms with Crippen LogP contribution in [0.2, 0.25) is 0 Å². The second-order valence-electron chi connectivity index (χ2n) is 4.36. The van der Waals surface area contributed by atoms with E-state index in [1.807, 2.05) is 0 Å². The topological polar surface area (TPSA) is 63.6 Å². The van der Waals surface area contributed by atoms with Crippen LogP contribution in [-0.4, -0.2) is 28.6 Å². The van der Waals surface area contributed by atoms with E-state index in [1.165, 1.54) is 6.92 Å².